The van der Waals surface area contributed by atoms with E-state index in [1.54, 1.807) is 4.68 Å². The van der Waals surface area contributed by atoms with Crippen LogP contribution in [0.3, 0.4) is 0 Å². The van der Waals surface area contributed by atoms with Crippen molar-refractivity contribution in [3.8, 4) is 5.69 Å². The molecule has 0 bridgehead atoms. The molecule has 0 aliphatic carbocycles. The van der Waals surface area contributed by atoms with Crippen molar-refractivity contribution in [2.75, 3.05) is 32.7 Å². The molecule has 0 atom stereocenters. The molecule has 0 unspecified atom stereocenters. The molecule has 2 rings (SSSR count). The first-order valence-electron chi connectivity index (χ1n) is 8.90. The molecule has 0 aliphatic rings. The maximum absolute atomic E-state index is 13.0. The average Bonchev–Trinajstić information content (AvgIpc) is 3.15. The van der Waals surface area contributed by atoms with Crippen LogP contribution in [0.4, 0.5) is 0 Å². The average molecular weight is 344 g/mol. The van der Waals surface area contributed by atoms with E-state index in [1.807, 2.05) is 29.2 Å². The van der Waals surface area contributed by atoms with Gasteiger partial charge in [-0.2, -0.15) is 0 Å². The highest BCUT2D eigenvalue weighted by Gasteiger charge is 2.18. The number of nitrogens with zero attached hydrogens (tertiary/aromatic N) is 6. The molecule has 1 aromatic carbocycles. The molecule has 25 heavy (non-hydrogen) atoms. The Hall–Kier alpha value is -2.28. The summed E-state index contributed by atoms with van der Waals surface area (Å²) >= 11 is 0. The minimum absolute atomic E-state index is 0.0516. The molecule has 0 N–H and O–H groups in total. The topological polar surface area (TPSA) is 67.2 Å². The molecule has 7 heteroatoms. The molecule has 1 heterocycles. The fourth-order valence-corrected chi connectivity index (χ4v) is 2.76. The first-order valence-corrected chi connectivity index (χ1v) is 8.90. The summed E-state index contributed by atoms with van der Waals surface area (Å²) in [5.74, 6) is 0.471. The standard InChI is InChI=1S/C18H28N6O/c1-5-22(6-2)10-11-23(13-15(3)4)18(25)16-8-7-9-17(12-16)24-14-19-20-21-24/h7-9,12,14-15H,5-6,10-11,13H2,1-4H3. The van der Waals surface area contributed by atoms with Crippen molar-refractivity contribution in [2.45, 2.75) is 27.7 Å². The van der Waals surface area contributed by atoms with E-state index < -0.39 is 0 Å². The van der Waals surface area contributed by atoms with Gasteiger partial charge in [0.2, 0.25) is 0 Å². The van der Waals surface area contributed by atoms with Gasteiger partial charge in [-0.3, -0.25) is 4.79 Å². The first-order chi connectivity index (χ1) is 12.0. The predicted molar refractivity (Wildman–Crippen MR) is 97.7 cm³/mol. The number of hydrogen-bond acceptors (Lipinski definition) is 5. The molecular weight excluding hydrogens is 316 g/mol. The second-order valence-electron chi connectivity index (χ2n) is 6.48. The van der Waals surface area contributed by atoms with Gasteiger partial charge in [0.15, 0.2) is 0 Å². The van der Waals surface area contributed by atoms with Crippen LogP contribution in [-0.2, 0) is 0 Å². The molecule has 0 saturated carbocycles. The summed E-state index contributed by atoms with van der Waals surface area (Å²) in [6, 6.07) is 7.43. The summed E-state index contributed by atoms with van der Waals surface area (Å²) in [5, 5.41) is 11.2. The van der Waals surface area contributed by atoms with E-state index in [0.29, 0.717) is 11.5 Å². The van der Waals surface area contributed by atoms with Crippen LogP contribution in [0.15, 0.2) is 30.6 Å². The third-order valence-corrected chi connectivity index (χ3v) is 4.16. The number of carbonyl (C=O) groups is 1. The largest absolute Gasteiger partial charge is 0.337 e. The van der Waals surface area contributed by atoms with Gasteiger partial charge in [-0.25, -0.2) is 4.68 Å². The van der Waals surface area contributed by atoms with E-state index in [-0.39, 0.29) is 5.91 Å². The minimum Gasteiger partial charge on any atom is -0.337 e. The Morgan fingerprint density at radius 1 is 1.20 bits per heavy atom. The number of aromatic nitrogens is 4. The van der Waals surface area contributed by atoms with Gasteiger partial charge in [-0.1, -0.05) is 33.8 Å². The molecule has 1 amide bonds. The number of carbonyl (C=O) groups excluding carboxylic acids is 1. The van der Waals surface area contributed by atoms with Gasteiger partial charge in [0, 0.05) is 25.2 Å². The molecule has 0 fully saturated rings. The first kappa shape index (κ1) is 19.1. The molecule has 0 radical (unpaired) electrons. The zero-order valence-electron chi connectivity index (χ0n) is 15.6. The van der Waals surface area contributed by atoms with Crippen LogP contribution in [0.25, 0.3) is 5.69 Å². The quantitative estimate of drug-likeness (QED) is 0.697. The van der Waals surface area contributed by atoms with Gasteiger partial charge in [-0.15, -0.1) is 5.10 Å². The van der Waals surface area contributed by atoms with Crippen LogP contribution in [0.1, 0.15) is 38.1 Å². The van der Waals surface area contributed by atoms with Gasteiger partial charge in [0.25, 0.3) is 5.91 Å². The van der Waals surface area contributed by atoms with Gasteiger partial charge in [0.1, 0.15) is 6.33 Å². The lowest BCUT2D eigenvalue weighted by Gasteiger charge is -2.28. The molecule has 7 nitrogen and oxygen atoms in total. The summed E-state index contributed by atoms with van der Waals surface area (Å²) in [6.07, 6.45) is 1.52. The molecule has 0 aliphatic heterocycles. The SMILES string of the molecule is CCN(CC)CCN(CC(C)C)C(=O)c1cccc(-n2cnnn2)c1. The molecule has 0 spiro atoms. The van der Waals surface area contributed by atoms with Crippen LogP contribution in [0, 0.1) is 5.92 Å². The fraction of sp³-hybridized carbons (Fsp3) is 0.556. The second-order valence-corrected chi connectivity index (χ2v) is 6.48. The van der Waals surface area contributed by atoms with E-state index in [0.717, 1.165) is 38.4 Å². The minimum atomic E-state index is 0.0516. The lowest BCUT2D eigenvalue weighted by Crippen LogP contribution is -2.40. The number of benzene rings is 1. The highest BCUT2D eigenvalue weighted by molar-refractivity contribution is 5.94. The van der Waals surface area contributed by atoms with Crippen LogP contribution in [0.2, 0.25) is 0 Å². The highest BCUT2D eigenvalue weighted by atomic mass is 16.2. The Balaban J connectivity index is 2.16. The smallest absolute Gasteiger partial charge is 0.253 e. The number of likely N-dealkylation sites (N-methyl/N-ethyl adjacent to an activating group) is 1. The maximum atomic E-state index is 13.0. The molecule has 2 aromatic rings. The predicted octanol–water partition coefficient (Wildman–Crippen LogP) is 2.10. The van der Waals surface area contributed by atoms with Crippen molar-refractivity contribution in [1.29, 1.82) is 0 Å². The summed E-state index contributed by atoms with van der Waals surface area (Å²) in [6.45, 7) is 12.9. The Morgan fingerprint density at radius 2 is 1.96 bits per heavy atom. The van der Waals surface area contributed by atoms with Crippen molar-refractivity contribution >= 4 is 5.91 Å². The normalized spacial score (nSPS) is 11.3. The number of hydrogen-bond donors (Lipinski definition) is 0. The van der Waals surface area contributed by atoms with Gasteiger partial charge in [-0.05, 0) is 47.6 Å². The monoisotopic (exact) mass is 344 g/mol. The van der Waals surface area contributed by atoms with Crippen molar-refractivity contribution in [1.82, 2.24) is 30.0 Å². The van der Waals surface area contributed by atoms with Gasteiger partial charge >= 0.3 is 0 Å². The maximum Gasteiger partial charge on any atom is 0.253 e. The van der Waals surface area contributed by atoms with E-state index in [9.17, 15) is 4.79 Å². The van der Waals surface area contributed by atoms with Crippen molar-refractivity contribution in [3.63, 3.8) is 0 Å². The second kappa shape index (κ2) is 9.27. The van der Waals surface area contributed by atoms with Crippen molar-refractivity contribution < 1.29 is 4.79 Å². The molecule has 136 valence electrons. The summed E-state index contributed by atoms with van der Waals surface area (Å²) in [7, 11) is 0. The fourth-order valence-electron chi connectivity index (χ4n) is 2.76. The number of tetrazole rings is 1. The summed E-state index contributed by atoms with van der Waals surface area (Å²) in [5.41, 5.74) is 1.44. The zero-order chi connectivity index (χ0) is 18.2. The highest BCUT2D eigenvalue weighted by Crippen LogP contribution is 2.13. The lowest BCUT2D eigenvalue weighted by molar-refractivity contribution is 0.0716. The summed E-state index contributed by atoms with van der Waals surface area (Å²) < 4.78 is 1.56. The Bertz CT molecular complexity index is 651. The van der Waals surface area contributed by atoms with Gasteiger partial charge in [0.05, 0.1) is 5.69 Å². The zero-order valence-corrected chi connectivity index (χ0v) is 15.6. The van der Waals surface area contributed by atoms with E-state index in [1.165, 1.54) is 6.33 Å². The molecule has 0 saturated heterocycles. The van der Waals surface area contributed by atoms with Gasteiger partial charge < -0.3 is 9.80 Å². The summed E-state index contributed by atoms with van der Waals surface area (Å²) in [4.78, 5) is 17.3. The number of rotatable bonds is 9. The van der Waals surface area contributed by atoms with Crippen LogP contribution < -0.4 is 0 Å². The number of amides is 1. The van der Waals surface area contributed by atoms with Crippen molar-refractivity contribution in [3.05, 3.63) is 36.2 Å². The van der Waals surface area contributed by atoms with Crippen LogP contribution in [0.5, 0.6) is 0 Å². The third kappa shape index (κ3) is 5.35. The Kier molecular flexibility index (Phi) is 7.06. The lowest BCUT2D eigenvalue weighted by atomic mass is 10.1. The van der Waals surface area contributed by atoms with Crippen LogP contribution >= 0.6 is 0 Å². The molecule has 1 aromatic heterocycles. The Labute approximate surface area is 149 Å². The van der Waals surface area contributed by atoms with E-state index >= 15 is 0 Å². The van der Waals surface area contributed by atoms with Crippen LogP contribution in [-0.4, -0.2) is 68.6 Å². The van der Waals surface area contributed by atoms with E-state index in [4.69, 9.17) is 0 Å². The Morgan fingerprint density at radius 3 is 2.56 bits per heavy atom. The third-order valence-electron chi connectivity index (χ3n) is 4.16. The molecular formula is C18H28N6O. The van der Waals surface area contributed by atoms with E-state index in [2.05, 4.69) is 48.1 Å². The van der Waals surface area contributed by atoms with Crippen molar-refractivity contribution in [2.24, 2.45) is 5.92 Å².